The molecule has 0 saturated heterocycles. The Morgan fingerprint density at radius 2 is 1.79 bits per heavy atom. The van der Waals surface area contributed by atoms with Gasteiger partial charge in [-0.25, -0.2) is 8.42 Å². The normalized spacial score (nSPS) is 14.0. The largest absolute Gasteiger partial charge is 0.326 e. The molecule has 24 heavy (non-hydrogen) atoms. The summed E-state index contributed by atoms with van der Waals surface area (Å²) in [5.74, 6) is -0.0365. The predicted octanol–water partition coefficient (Wildman–Crippen LogP) is 3.01. The van der Waals surface area contributed by atoms with Gasteiger partial charge >= 0.3 is 0 Å². The molecule has 2 aromatic carbocycles. The summed E-state index contributed by atoms with van der Waals surface area (Å²) in [5.41, 5.74) is 4.12. The molecule has 1 aliphatic heterocycles. The number of nitrogens with one attached hydrogen (secondary N) is 1. The number of aryl methyl sites for hydroxylation is 3. The average molecular weight is 344 g/mol. The van der Waals surface area contributed by atoms with Crippen molar-refractivity contribution in [2.45, 2.75) is 31.6 Å². The Morgan fingerprint density at radius 1 is 1.04 bits per heavy atom. The van der Waals surface area contributed by atoms with E-state index in [0.29, 0.717) is 24.2 Å². The van der Waals surface area contributed by atoms with Crippen molar-refractivity contribution in [3.05, 3.63) is 53.1 Å². The van der Waals surface area contributed by atoms with E-state index in [-0.39, 0.29) is 10.8 Å². The van der Waals surface area contributed by atoms with E-state index in [1.165, 1.54) is 4.31 Å². The van der Waals surface area contributed by atoms with Crippen LogP contribution in [0.15, 0.2) is 41.3 Å². The van der Waals surface area contributed by atoms with Crippen LogP contribution in [0.2, 0.25) is 0 Å². The van der Waals surface area contributed by atoms with E-state index in [4.69, 9.17) is 0 Å². The smallest absolute Gasteiger partial charge is 0.264 e. The molecular formula is C18H20N2O3S. The van der Waals surface area contributed by atoms with Gasteiger partial charge in [0.1, 0.15) is 0 Å². The third-order valence-corrected chi connectivity index (χ3v) is 6.10. The van der Waals surface area contributed by atoms with Crippen molar-refractivity contribution in [2.75, 3.05) is 16.7 Å². The number of hydrogen-bond acceptors (Lipinski definition) is 3. The van der Waals surface area contributed by atoms with Gasteiger partial charge in [-0.2, -0.15) is 0 Å². The average Bonchev–Trinajstić information content (AvgIpc) is 2.55. The van der Waals surface area contributed by atoms with E-state index >= 15 is 0 Å². The molecule has 6 heteroatoms. The predicted molar refractivity (Wildman–Crippen MR) is 94.9 cm³/mol. The molecule has 126 valence electrons. The highest BCUT2D eigenvalue weighted by Crippen LogP contribution is 2.30. The molecule has 0 atom stereocenters. The van der Waals surface area contributed by atoms with Gasteiger partial charge in [-0.1, -0.05) is 12.1 Å². The van der Waals surface area contributed by atoms with Gasteiger partial charge in [0, 0.05) is 19.2 Å². The zero-order chi connectivity index (χ0) is 17.5. The number of anilines is 2. The minimum atomic E-state index is -3.66. The Hall–Kier alpha value is -2.34. The SMILES string of the molecule is Cc1ccc(C)c(N(C)S(=O)(=O)c2ccc3c(c2)CCC(=O)N3)c1. The third-order valence-electron chi connectivity index (χ3n) is 4.33. The lowest BCUT2D eigenvalue weighted by atomic mass is 10.0. The van der Waals surface area contributed by atoms with Crippen molar-refractivity contribution < 1.29 is 13.2 Å². The fourth-order valence-electron chi connectivity index (χ4n) is 2.87. The second-order valence-corrected chi connectivity index (χ2v) is 8.10. The number of hydrogen-bond donors (Lipinski definition) is 1. The van der Waals surface area contributed by atoms with Crippen LogP contribution < -0.4 is 9.62 Å². The first-order valence-corrected chi connectivity index (χ1v) is 9.22. The van der Waals surface area contributed by atoms with E-state index in [0.717, 1.165) is 16.7 Å². The van der Waals surface area contributed by atoms with Crippen molar-refractivity contribution in [1.82, 2.24) is 0 Å². The summed E-state index contributed by atoms with van der Waals surface area (Å²) in [6, 6.07) is 10.6. The Bertz CT molecular complexity index is 920. The summed E-state index contributed by atoms with van der Waals surface area (Å²) in [5, 5.41) is 2.77. The monoisotopic (exact) mass is 344 g/mol. The number of sulfonamides is 1. The zero-order valence-corrected chi connectivity index (χ0v) is 14.8. The molecule has 0 saturated carbocycles. The standard InChI is InChI=1S/C18H20N2O3S/c1-12-4-5-13(2)17(10-12)20(3)24(22,23)15-7-8-16-14(11-15)6-9-18(21)19-16/h4-5,7-8,10-11H,6,9H2,1-3H3,(H,19,21). The minimum Gasteiger partial charge on any atom is -0.326 e. The molecular weight excluding hydrogens is 324 g/mol. The number of nitrogens with zero attached hydrogens (tertiary/aromatic N) is 1. The Labute approximate surface area is 142 Å². The Balaban J connectivity index is 2.01. The first-order valence-electron chi connectivity index (χ1n) is 7.78. The van der Waals surface area contributed by atoms with Gasteiger partial charge in [0.2, 0.25) is 5.91 Å². The molecule has 0 unspecified atom stereocenters. The molecule has 0 fully saturated rings. The van der Waals surface area contributed by atoms with Crippen molar-refractivity contribution in [1.29, 1.82) is 0 Å². The van der Waals surface area contributed by atoms with Crippen molar-refractivity contribution in [2.24, 2.45) is 0 Å². The summed E-state index contributed by atoms with van der Waals surface area (Å²) in [4.78, 5) is 11.7. The maximum Gasteiger partial charge on any atom is 0.264 e. The lowest BCUT2D eigenvalue weighted by Crippen LogP contribution is -2.28. The van der Waals surface area contributed by atoms with E-state index in [9.17, 15) is 13.2 Å². The molecule has 0 aromatic heterocycles. The maximum atomic E-state index is 13.0. The van der Waals surface area contributed by atoms with Gasteiger partial charge in [-0.15, -0.1) is 0 Å². The van der Waals surface area contributed by atoms with Crippen LogP contribution in [0, 0.1) is 13.8 Å². The third kappa shape index (κ3) is 2.89. The summed E-state index contributed by atoms with van der Waals surface area (Å²) in [7, 11) is -2.09. The second kappa shape index (κ2) is 5.94. The Morgan fingerprint density at radius 3 is 2.54 bits per heavy atom. The van der Waals surface area contributed by atoms with Crippen LogP contribution in [-0.4, -0.2) is 21.4 Å². The number of carbonyl (C=O) groups is 1. The highest BCUT2D eigenvalue weighted by Gasteiger charge is 2.25. The van der Waals surface area contributed by atoms with Crippen LogP contribution in [-0.2, 0) is 21.2 Å². The lowest BCUT2D eigenvalue weighted by Gasteiger charge is -2.23. The Kier molecular flexibility index (Phi) is 4.09. The molecule has 1 N–H and O–H groups in total. The van der Waals surface area contributed by atoms with Crippen LogP contribution in [0.5, 0.6) is 0 Å². The summed E-state index contributed by atoms with van der Waals surface area (Å²) >= 11 is 0. The van der Waals surface area contributed by atoms with Crippen molar-refractivity contribution >= 4 is 27.3 Å². The first kappa shape index (κ1) is 16.5. The fourth-order valence-corrected chi connectivity index (χ4v) is 4.17. The quantitative estimate of drug-likeness (QED) is 0.931. The summed E-state index contributed by atoms with van der Waals surface area (Å²) in [6.07, 6.45) is 0.932. The number of amides is 1. The van der Waals surface area contributed by atoms with Crippen LogP contribution >= 0.6 is 0 Å². The molecule has 0 aliphatic carbocycles. The fraction of sp³-hybridized carbons (Fsp3) is 0.278. The molecule has 1 aliphatic rings. The van der Waals surface area contributed by atoms with Gasteiger partial charge in [0.25, 0.3) is 10.0 Å². The number of fused-ring (bicyclic) bond motifs is 1. The van der Waals surface area contributed by atoms with Gasteiger partial charge in [0.15, 0.2) is 0 Å². The molecule has 0 radical (unpaired) electrons. The lowest BCUT2D eigenvalue weighted by molar-refractivity contribution is -0.116. The maximum absolute atomic E-state index is 13.0. The van der Waals surface area contributed by atoms with Crippen LogP contribution in [0.4, 0.5) is 11.4 Å². The molecule has 1 heterocycles. The molecule has 3 rings (SSSR count). The highest BCUT2D eigenvalue weighted by molar-refractivity contribution is 7.92. The van der Waals surface area contributed by atoms with Crippen molar-refractivity contribution in [3.8, 4) is 0 Å². The topological polar surface area (TPSA) is 66.5 Å². The highest BCUT2D eigenvalue weighted by atomic mass is 32.2. The van der Waals surface area contributed by atoms with E-state index in [2.05, 4.69) is 5.32 Å². The second-order valence-electron chi connectivity index (χ2n) is 6.13. The molecule has 5 nitrogen and oxygen atoms in total. The van der Waals surface area contributed by atoms with Gasteiger partial charge in [-0.3, -0.25) is 9.10 Å². The van der Waals surface area contributed by atoms with Gasteiger partial charge in [-0.05, 0) is 61.2 Å². The molecule has 2 aromatic rings. The molecule has 1 amide bonds. The van der Waals surface area contributed by atoms with Crippen LogP contribution in [0.1, 0.15) is 23.1 Å². The van der Waals surface area contributed by atoms with Crippen LogP contribution in [0.3, 0.4) is 0 Å². The summed E-state index contributed by atoms with van der Waals surface area (Å²) in [6.45, 7) is 3.83. The molecule has 0 bridgehead atoms. The van der Waals surface area contributed by atoms with Crippen molar-refractivity contribution in [3.63, 3.8) is 0 Å². The van der Waals surface area contributed by atoms with Gasteiger partial charge < -0.3 is 5.32 Å². The minimum absolute atomic E-state index is 0.0365. The molecule has 0 spiro atoms. The number of carbonyl (C=O) groups excluding carboxylic acids is 1. The summed E-state index contributed by atoms with van der Waals surface area (Å²) < 4.78 is 27.3. The number of benzene rings is 2. The zero-order valence-electron chi connectivity index (χ0n) is 14.0. The van der Waals surface area contributed by atoms with Crippen LogP contribution in [0.25, 0.3) is 0 Å². The van der Waals surface area contributed by atoms with E-state index in [1.54, 1.807) is 25.2 Å². The first-order chi connectivity index (χ1) is 11.3. The van der Waals surface area contributed by atoms with E-state index < -0.39 is 10.0 Å². The van der Waals surface area contributed by atoms with Gasteiger partial charge in [0.05, 0.1) is 10.6 Å². The van der Waals surface area contributed by atoms with E-state index in [1.807, 2.05) is 32.0 Å². The number of rotatable bonds is 3.